The number of aliphatic hydroxyl groups excluding tert-OH is 13. The molecule has 0 fully saturated rings. The highest BCUT2D eigenvalue weighted by Crippen LogP contribution is 2.27. The Kier molecular flexibility index (Phi) is 20.0. The maximum absolute atomic E-state index is 13.8. The van der Waals surface area contributed by atoms with Crippen LogP contribution in [-0.4, -0.2) is 136 Å². The van der Waals surface area contributed by atoms with Gasteiger partial charge in [0.25, 0.3) is 6.29 Å². The molecular weight excluding hydrogens is 695 g/mol. The van der Waals surface area contributed by atoms with Crippen molar-refractivity contribution in [2.24, 2.45) is 5.11 Å². The number of hydrogen-bond acceptors (Lipinski definition) is 18. The molecule has 0 radical (unpaired) electrons. The van der Waals surface area contributed by atoms with Gasteiger partial charge in [-0.1, -0.05) is 5.11 Å². The molecule has 0 heterocycles. The van der Waals surface area contributed by atoms with Gasteiger partial charge >= 0.3 is 0 Å². The molecule has 14 N–H and O–H groups in total. The van der Waals surface area contributed by atoms with Crippen LogP contribution in [0.25, 0.3) is 10.4 Å². The van der Waals surface area contributed by atoms with Crippen molar-refractivity contribution >= 4 is 11.6 Å². The smallest absolute Gasteiger partial charge is 0.259 e. The summed E-state index contributed by atoms with van der Waals surface area (Å²) in [5.41, 5.74) is 8.19. The largest absolute Gasteiger partial charge is 0.506 e. The number of halogens is 1. The number of carbonyl (C=O) groups is 1. The van der Waals surface area contributed by atoms with Crippen molar-refractivity contribution in [3.8, 4) is 5.75 Å². The molecule has 0 saturated heterocycles. The van der Waals surface area contributed by atoms with Gasteiger partial charge in [0.15, 0.2) is 28.8 Å². The van der Waals surface area contributed by atoms with Crippen LogP contribution in [-0.2, 0) is 20.9 Å². The second kappa shape index (κ2) is 23.0. The number of azide groups is 1. The molecule has 0 aliphatic rings. The lowest BCUT2D eigenvalue weighted by Crippen LogP contribution is -2.33. The van der Waals surface area contributed by atoms with Crippen molar-refractivity contribution in [2.45, 2.75) is 76.0 Å². The van der Waals surface area contributed by atoms with E-state index in [-0.39, 0.29) is 36.4 Å². The number of benzene rings is 1. The average molecular weight is 739 g/mol. The van der Waals surface area contributed by atoms with Crippen molar-refractivity contribution in [3.05, 3.63) is 68.8 Å². The van der Waals surface area contributed by atoms with E-state index in [0.717, 1.165) is 12.1 Å². The van der Waals surface area contributed by atoms with Crippen molar-refractivity contribution in [1.82, 2.24) is 0 Å². The quantitative estimate of drug-likeness (QED) is 0.0174. The van der Waals surface area contributed by atoms with Gasteiger partial charge in [0.1, 0.15) is 30.7 Å². The Hall–Kier alpha value is -4.61. The van der Waals surface area contributed by atoms with Gasteiger partial charge in [-0.2, -0.15) is 0 Å². The van der Waals surface area contributed by atoms with Gasteiger partial charge in [0, 0.05) is 68.2 Å². The fourth-order valence-corrected chi connectivity index (χ4v) is 3.98. The molecule has 0 aromatic heterocycles. The van der Waals surface area contributed by atoms with Crippen LogP contribution < -0.4 is 10.1 Å². The number of rotatable bonds is 24. The maximum Gasteiger partial charge on any atom is 0.259 e. The zero-order valence-electron chi connectivity index (χ0n) is 26.9. The number of aliphatic hydroxyl groups is 13. The predicted octanol–water partition coefficient (Wildman–Crippen LogP) is 0.780. The van der Waals surface area contributed by atoms with Gasteiger partial charge in [-0.25, -0.2) is 4.39 Å². The third-order valence-electron chi connectivity index (χ3n) is 6.64. The molecule has 21 nitrogen and oxygen atoms in total. The fourth-order valence-electron chi connectivity index (χ4n) is 3.98. The molecule has 0 bridgehead atoms. The Bertz CT molecular complexity index is 1400. The van der Waals surface area contributed by atoms with Crippen LogP contribution in [0.2, 0.25) is 0 Å². The van der Waals surface area contributed by atoms with Crippen molar-refractivity contribution in [1.29, 1.82) is 0 Å². The van der Waals surface area contributed by atoms with E-state index in [2.05, 4.69) is 15.3 Å². The second-order valence-electron chi connectivity index (χ2n) is 10.4. The van der Waals surface area contributed by atoms with Gasteiger partial charge < -0.3 is 85.9 Å². The van der Waals surface area contributed by atoms with E-state index in [4.69, 9.17) is 24.8 Å². The number of anilines is 1. The summed E-state index contributed by atoms with van der Waals surface area (Å²) in [4.78, 5) is 14.6. The highest BCUT2D eigenvalue weighted by molar-refractivity contribution is 5.90. The van der Waals surface area contributed by atoms with Gasteiger partial charge in [0.2, 0.25) is 24.2 Å². The molecule has 1 aromatic carbocycles. The highest BCUT2D eigenvalue weighted by atomic mass is 19.1. The van der Waals surface area contributed by atoms with E-state index in [9.17, 15) is 70.5 Å². The van der Waals surface area contributed by atoms with E-state index in [1.54, 1.807) is 0 Å². The van der Waals surface area contributed by atoms with Crippen LogP contribution >= 0.6 is 0 Å². The molecule has 0 aliphatic heterocycles. The summed E-state index contributed by atoms with van der Waals surface area (Å²) in [6, 6.07) is 3.53. The monoisotopic (exact) mass is 738 g/mol. The summed E-state index contributed by atoms with van der Waals surface area (Å²) in [6.07, 6.45) is -14.7. The molecule has 0 aliphatic carbocycles. The lowest BCUT2D eigenvalue weighted by atomic mass is 10.1. The standard InChI is InChI=1S/C29H43FN4O17/c30-13-14-12-15(33-20(39)2-1-8-32-34-31)3-4-17(14)49-28(47)25(44)22(41)19(7-11-37)51-29(48)26(45)23(42)18(6-10-36)50-27(46)24(43)21(40)16(38)5-9-35/h3-4,12,16,18-19,27-29,35-38,40-48H,1-2,5-11,13H2,(H,33,39)/b24-21+,25-22+,26-23+/t16-,18+,19+,27-,28+,29-/m1/s1. The Balaban J connectivity index is 3.16. The zero-order valence-corrected chi connectivity index (χ0v) is 26.9. The molecule has 22 heteroatoms. The third-order valence-corrected chi connectivity index (χ3v) is 6.64. The zero-order chi connectivity index (χ0) is 38.7. The third kappa shape index (κ3) is 14.3. The number of ether oxygens (including phenoxy) is 3. The van der Waals surface area contributed by atoms with Gasteiger partial charge in [0.05, 0.1) is 0 Å². The number of alkyl halides is 1. The highest BCUT2D eigenvalue weighted by Gasteiger charge is 2.32. The number of hydrogen-bond donors (Lipinski definition) is 14. The molecule has 1 aromatic rings. The molecule has 0 unspecified atom stereocenters. The summed E-state index contributed by atoms with van der Waals surface area (Å²) in [5, 5.41) is 135. The van der Waals surface area contributed by atoms with Crippen molar-refractivity contribution in [3.63, 3.8) is 0 Å². The predicted molar refractivity (Wildman–Crippen MR) is 169 cm³/mol. The normalized spacial score (nSPS) is 16.6. The van der Waals surface area contributed by atoms with E-state index in [1.807, 2.05) is 0 Å². The molecule has 51 heavy (non-hydrogen) atoms. The Morgan fingerprint density at radius 1 is 0.784 bits per heavy atom. The molecule has 6 atom stereocenters. The van der Waals surface area contributed by atoms with Gasteiger partial charge in [-0.15, -0.1) is 0 Å². The van der Waals surface area contributed by atoms with Gasteiger partial charge in [-0.3, -0.25) is 4.79 Å². The van der Waals surface area contributed by atoms with Crippen LogP contribution in [0.5, 0.6) is 5.75 Å². The fraction of sp³-hybridized carbons (Fsp3) is 0.552. The summed E-state index contributed by atoms with van der Waals surface area (Å²) in [5.74, 6) is -8.87. The number of nitrogens with zero attached hydrogens (tertiary/aromatic N) is 3. The van der Waals surface area contributed by atoms with E-state index < -0.39 is 123 Å². The van der Waals surface area contributed by atoms with Crippen LogP contribution in [0.15, 0.2) is 57.9 Å². The van der Waals surface area contributed by atoms with Crippen LogP contribution in [0.4, 0.5) is 10.1 Å². The molecule has 0 spiro atoms. The van der Waals surface area contributed by atoms with Crippen LogP contribution in [0.1, 0.15) is 37.7 Å². The summed E-state index contributed by atoms with van der Waals surface area (Å²) in [7, 11) is 0. The minimum atomic E-state index is -2.61. The molecule has 288 valence electrons. The minimum absolute atomic E-state index is 0.00987. The molecule has 0 saturated carbocycles. The average Bonchev–Trinajstić information content (AvgIpc) is 3.11. The van der Waals surface area contributed by atoms with Crippen molar-refractivity contribution in [2.75, 3.05) is 31.7 Å². The van der Waals surface area contributed by atoms with Gasteiger partial charge in [-0.05, 0) is 30.2 Å². The molecule has 1 amide bonds. The minimum Gasteiger partial charge on any atom is -0.506 e. The van der Waals surface area contributed by atoms with E-state index in [1.165, 1.54) is 6.07 Å². The Morgan fingerprint density at radius 2 is 1.29 bits per heavy atom. The summed E-state index contributed by atoms with van der Waals surface area (Å²) in [6.45, 7) is -3.31. The molecule has 1 rings (SSSR count). The second-order valence-corrected chi connectivity index (χ2v) is 10.4. The first-order valence-corrected chi connectivity index (χ1v) is 15.0. The summed E-state index contributed by atoms with van der Waals surface area (Å²) < 4.78 is 28.8. The lowest BCUT2D eigenvalue weighted by molar-refractivity contribution is -0.150. The lowest BCUT2D eigenvalue weighted by Gasteiger charge is -2.25. The van der Waals surface area contributed by atoms with Crippen LogP contribution in [0, 0.1) is 0 Å². The maximum atomic E-state index is 13.8. The first kappa shape index (κ1) is 44.4. The molecular formula is C29H43FN4O17. The number of amides is 1. The SMILES string of the molecule is [N-]=[N+]=NCCCC(=O)Nc1ccc(O[C@H](O)/C(O)=C(\O)[C@H](CCO)O[C@@H](O)/C(O)=C(\O)[C@H](CCO)O[C@@H](O)/C(O)=C(\O)[C@H](O)CCO)c(CF)c1. The van der Waals surface area contributed by atoms with Crippen LogP contribution in [0.3, 0.4) is 0 Å². The van der Waals surface area contributed by atoms with E-state index in [0.29, 0.717) is 0 Å². The number of nitrogens with one attached hydrogen (secondary N) is 1. The first-order chi connectivity index (χ1) is 24.2. The summed E-state index contributed by atoms with van der Waals surface area (Å²) >= 11 is 0. The topological polar surface area (TPSA) is 369 Å². The Labute approximate surface area is 288 Å². The number of carbonyl (C=O) groups excluding carboxylic acids is 1. The van der Waals surface area contributed by atoms with E-state index >= 15 is 0 Å². The van der Waals surface area contributed by atoms with Crippen molar-refractivity contribution < 1.29 is 89.8 Å². The first-order valence-electron chi connectivity index (χ1n) is 15.0. The Morgan fingerprint density at radius 3 is 1.78 bits per heavy atom.